The summed E-state index contributed by atoms with van der Waals surface area (Å²) in [7, 11) is -1.61. The minimum atomic E-state index is -3.09. The number of hydrogen-bond donors (Lipinski definition) is 1. The van der Waals surface area contributed by atoms with Gasteiger partial charge in [0, 0.05) is 23.1 Å². The van der Waals surface area contributed by atoms with Crippen LogP contribution < -0.4 is 10.5 Å². The Morgan fingerprint density at radius 3 is 2.67 bits per heavy atom. The Morgan fingerprint density at radius 2 is 2.19 bits per heavy atom. The lowest BCUT2D eigenvalue weighted by atomic mass is 9.81. The van der Waals surface area contributed by atoms with Crippen molar-refractivity contribution in [1.82, 2.24) is 0 Å². The van der Waals surface area contributed by atoms with Crippen molar-refractivity contribution in [3.8, 4) is 5.75 Å². The molecule has 1 unspecified atom stereocenters. The zero-order valence-electron chi connectivity index (χ0n) is 11.7. The molecule has 0 aromatic heterocycles. The molecule has 1 aliphatic heterocycles. The molecule has 2 N–H and O–H groups in total. The number of rotatable bonds is 5. The van der Waals surface area contributed by atoms with Crippen LogP contribution in [0.3, 0.4) is 0 Å². The summed E-state index contributed by atoms with van der Waals surface area (Å²) in [4.78, 5) is 10.4. The van der Waals surface area contributed by atoms with Gasteiger partial charge in [-0.05, 0) is 25.5 Å². The maximum atomic E-state index is 11.7. The van der Waals surface area contributed by atoms with Gasteiger partial charge >= 0.3 is 0 Å². The molecule has 0 spiro atoms. The monoisotopic (exact) mass is 314 g/mol. The van der Waals surface area contributed by atoms with E-state index in [1.54, 1.807) is 0 Å². The summed E-state index contributed by atoms with van der Waals surface area (Å²) in [6.07, 6.45) is 0.825. The molecule has 0 radical (unpaired) electrons. The Labute approximate surface area is 123 Å². The predicted octanol–water partition coefficient (Wildman–Crippen LogP) is 0.910. The molecule has 2 rings (SSSR count). The van der Waals surface area contributed by atoms with Crippen LogP contribution in [0.1, 0.15) is 12.0 Å². The normalized spacial score (nSPS) is 23.9. The highest BCUT2D eigenvalue weighted by Gasteiger charge is 2.41. The van der Waals surface area contributed by atoms with Gasteiger partial charge in [-0.25, -0.2) is 8.42 Å². The van der Waals surface area contributed by atoms with Crippen molar-refractivity contribution in [3.63, 3.8) is 0 Å². The molecule has 7 nitrogen and oxygen atoms in total. The molecular formula is C13H18N2O5S. The largest absolute Gasteiger partial charge is 0.496 e. The lowest BCUT2D eigenvalue weighted by molar-refractivity contribution is -0.384. The molecule has 0 bridgehead atoms. The number of methoxy groups -OCH3 is 1. The van der Waals surface area contributed by atoms with E-state index in [4.69, 9.17) is 10.5 Å². The van der Waals surface area contributed by atoms with E-state index >= 15 is 0 Å². The zero-order valence-corrected chi connectivity index (χ0v) is 12.6. The van der Waals surface area contributed by atoms with Gasteiger partial charge in [-0.2, -0.15) is 0 Å². The number of nitrogens with two attached hydrogens (primary N) is 1. The van der Waals surface area contributed by atoms with Gasteiger partial charge in [0.05, 0.1) is 23.5 Å². The summed E-state index contributed by atoms with van der Waals surface area (Å²) in [6, 6.07) is 4.32. The van der Waals surface area contributed by atoms with Crippen molar-refractivity contribution >= 4 is 15.5 Å². The van der Waals surface area contributed by atoms with E-state index in [9.17, 15) is 18.5 Å². The first kappa shape index (κ1) is 15.7. The van der Waals surface area contributed by atoms with Crippen molar-refractivity contribution in [2.45, 2.75) is 12.8 Å². The third-order valence-electron chi connectivity index (χ3n) is 3.94. The van der Waals surface area contributed by atoms with E-state index < -0.39 is 20.2 Å². The highest BCUT2D eigenvalue weighted by atomic mass is 32.2. The Bertz CT molecular complexity index is 659. The van der Waals surface area contributed by atoms with Crippen LogP contribution in [0.5, 0.6) is 5.75 Å². The van der Waals surface area contributed by atoms with E-state index in [2.05, 4.69) is 0 Å². The maximum absolute atomic E-state index is 11.7. The van der Waals surface area contributed by atoms with Crippen molar-refractivity contribution in [2.24, 2.45) is 11.1 Å². The summed E-state index contributed by atoms with van der Waals surface area (Å²) >= 11 is 0. The van der Waals surface area contributed by atoms with Gasteiger partial charge in [-0.1, -0.05) is 0 Å². The minimum absolute atomic E-state index is 0.0162. The number of nitro benzene ring substituents is 1. The van der Waals surface area contributed by atoms with Crippen LogP contribution in [0.4, 0.5) is 5.69 Å². The summed E-state index contributed by atoms with van der Waals surface area (Å²) < 4.78 is 28.7. The van der Waals surface area contributed by atoms with E-state index in [0.29, 0.717) is 24.2 Å². The molecule has 1 heterocycles. The molecule has 8 heteroatoms. The lowest BCUT2D eigenvalue weighted by Gasteiger charge is -2.26. The summed E-state index contributed by atoms with van der Waals surface area (Å²) in [5.41, 5.74) is 5.80. The highest BCUT2D eigenvalue weighted by Crippen LogP contribution is 2.38. The first-order valence-corrected chi connectivity index (χ1v) is 8.35. The van der Waals surface area contributed by atoms with Crippen LogP contribution in [0.2, 0.25) is 0 Å². The topological polar surface area (TPSA) is 113 Å². The average Bonchev–Trinajstić information content (AvgIpc) is 2.74. The molecule has 0 aliphatic carbocycles. The smallest absolute Gasteiger partial charge is 0.269 e. The van der Waals surface area contributed by atoms with Gasteiger partial charge in [-0.15, -0.1) is 0 Å². The number of sulfone groups is 1. The summed E-state index contributed by atoms with van der Waals surface area (Å²) in [6.45, 7) is 0.220. The molecule has 1 aromatic rings. The fourth-order valence-electron chi connectivity index (χ4n) is 2.78. The molecule has 1 atom stereocenters. The molecule has 1 saturated heterocycles. The first-order chi connectivity index (χ1) is 9.81. The standard InChI is InChI=1S/C13H18N2O5S/c1-20-12-3-2-11(15(16)17)6-10(12)7-13(8-14)4-5-21(18,19)9-13/h2-3,6H,4-5,7-9,14H2,1H3. The van der Waals surface area contributed by atoms with Crippen molar-refractivity contribution in [2.75, 3.05) is 25.2 Å². The fourth-order valence-corrected chi connectivity index (χ4v) is 4.96. The van der Waals surface area contributed by atoms with E-state index in [1.165, 1.54) is 25.3 Å². The third kappa shape index (κ3) is 3.33. The molecule has 1 fully saturated rings. The van der Waals surface area contributed by atoms with Crippen molar-refractivity contribution in [1.29, 1.82) is 0 Å². The number of hydrogen-bond acceptors (Lipinski definition) is 6. The van der Waals surface area contributed by atoms with Gasteiger partial charge < -0.3 is 10.5 Å². The van der Waals surface area contributed by atoms with Gasteiger partial charge in [-0.3, -0.25) is 10.1 Å². The average molecular weight is 314 g/mol. The van der Waals surface area contributed by atoms with Crippen molar-refractivity contribution < 1.29 is 18.1 Å². The number of nitrogens with zero attached hydrogens (tertiary/aromatic N) is 1. The first-order valence-electron chi connectivity index (χ1n) is 6.53. The van der Waals surface area contributed by atoms with Gasteiger partial charge in [0.2, 0.25) is 0 Å². The Balaban J connectivity index is 2.37. The van der Waals surface area contributed by atoms with Crippen LogP contribution in [0, 0.1) is 15.5 Å². The van der Waals surface area contributed by atoms with Crippen LogP contribution in [-0.2, 0) is 16.3 Å². The number of non-ortho nitro benzene ring substituents is 1. The summed E-state index contributed by atoms with van der Waals surface area (Å²) in [5.74, 6) is 0.641. The maximum Gasteiger partial charge on any atom is 0.269 e. The molecule has 1 aromatic carbocycles. The fraction of sp³-hybridized carbons (Fsp3) is 0.538. The van der Waals surface area contributed by atoms with E-state index in [1.807, 2.05) is 0 Å². The Hall–Kier alpha value is -1.67. The van der Waals surface area contributed by atoms with Gasteiger partial charge in [0.1, 0.15) is 5.75 Å². The number of ether oxygens (including phenoxy) is 1. The zero-order chi connectivity index (χ0) is 15.7. The molecule has 0 amide bonds. The lowest BCUT2D eigenvalue weighted by Crippen LogP contribution is -2.34. The second kappa shape index (κ2) is 5.61. The van der Waals surface area contributed by atoms with Crippen LogP contribution in [0.15, 0.2) is 18.2 Å². The minimum Gasteiger partial charge on any atom is -0.496 e. The molecular weight excluding hydrogens is 296 g/mol. The highest BCUT2D eigenvalue weighted by molar-refractivity contribution is 7.91. The molecule has 21 heavy (non-hydrogen) atoms. The van der Waals surface area contributed by atoms with E-state index in [-0.39, 0.29) is 23.7 Å². The Morgan fingerprint density at radius 1 is 1.48 bits per heavy atom. The second-order valence-corrected chi connectivity index (χ2v) is 7.66. The van der Waals surface area contributed by atoms with Gasteiger partial charge in [0.15, 0.2) is 9.84 Å². The number of benzene rings is 1. The second-order valence-electron chi connectivity index (χ2n) is 5.48. The molecule has 0 saturated carbocycles. The quantitative estimate of drug-likeness (QED) is 0.638. The van der Waals surface area contributed by atoms with Crippen LogP contribution in [0.25, 0.3) is 0 Å². The molecule has 1 aliphatic rings. The van der Waals surface area contributed by atoms with Crippen molar-refractivity contribution in [3.05, 3.63) is 33.9 Å². The number of nitro groups is 1. The SMILES string of the molecule is COc1ccc([N+](=O)[O-])cc1CC1(CN)CCS(=O)(=O)C1. The summed E-state index contributed by atoms with van der Waals surface area (Å²) in [5, 5.41) is 10.9. The Kier molecular flexibility index (Phi) is 4.20. The molecule has 116 valence electrons. The van der Waals surface area contributed by atoms with Crippen LogP contribution in [-0.4, -0.2) is 38.5 Å². The van der Waals surface area contributed by atoms with Crippen LogP contribution >= 0.6 is 0 Å². The predicted molar refractivity (Wildman–Crippen MR) is 78.1 cm³/mol. The third-order valence-corrected chi connectivity index (χ3v) is 5.82. The van der Waals surface area contributed by atoms with Gasteiger partial charge in [0.25, 0.3) is 5.69 Å². The van der Waals surface area contributed by atoms with E-state index in [0.717, 1.165) is 0 Å².